The topological polar surface area (TPSA) is 32.3 Å². The van der Waals surface area contributed by atoms with Gasteiger partial charge in [0.1, 0.15) is 0 Å². The van der Waals surface area contributed by atoms with Crippen molar-refractivity contribution >= 4 is 17.8 Å². The van der Waals surface area contributed by atoms with Crippen molar-refractivity contribution in [2.75, 3.05) is 23.8 Å². The van der Waals surface area contributed by atoms with E-state index in [2.05, 4.69) is 23.3 Å². The molecule has 0 radical (unpaired) electrons. The second kappa shape index (κ2) is 3.70. The van der Waals surface area contributed by atoms with Gasteiger partial charge in [-0.05, 0) is 30.5 Å². The zero-order valence-electron chi connectivity index (χ0n) is 8.29. The van der Waals surface area contributed by atoms with Gasteiger partial charge < -0.3 is 10.2 Å². The van der Waals surface area contributed by atoms with E-state index in [-0.39, 0.29) is 0 Å². The lowest BCUT2D eigenvalue weighted by atomic mass is 10.0. The summed E-state index contributed by atoms with van der Waals surface area (Å²) in [5.74, 6) is 0. The molecule has 0 atom stereocenters. The average molecular weight is 190 g/mol. The van der Waals surface area contributed by atoms with Gasteiger partial charge in [-0.3, -0.25) is 4.79 Å². The summed E-state index contributed by atoms with van der Waals surface area (Å²) < 4.78 is 0. The predicted molar refractivity (Wildman–Crippen MR) is 57.7 cm³/mol. The van der Waals surface area contributed by atoms with Crippen LogP contribution in [0.25, 0.3) is 0 Å². The van der Waals surface area contributed by atoms with Crippen LogP contribution in [0.2, 0.25) is 0 Å². The first kappa shape index (κ1) is 9.06. The number of rotatable bonds is 2. The third-order valence-electron chi connectivity index (χ3n) is 2.66. The molecule has 74 valence electrons. The molecule has 1 amide bonds. The molecule has 0 bridgehead atoms. The maximum Gasteiger partial charge on any atom is 0.211 e. The maximum absolute atomic E-state index is 10.3. The number of fused-ring (bicyclic) bond motifs is 1. The van der Waals surface area contributed by atoms with Crippen LogP contribution in [0.4, 0.5) is 11.4 Å². The highest BCUT2D eigenvalue weighted by Crippen LogP contribution is 2.28. The van der Waals surface area contributed by atoms with Gasteiger partial charge in [-0.2, -0.15) is 0 Å². The number of nitrogens with zero attached hydrogens (tertiary/aromatic N) is 1. The van der Waals surface area contributed by atoms with Crippen LogP contribution in [-0.2, 0) is 11.2 Å². The van der Waals surface area contributed by atoms with E-state index in [0.717, 1.165) is 18.7 Å². The molecule has 1 aliphatic heterocycles. The van der Waals surface area contributed by atoms with Crippen LogP contribution in [0.15, 0.2) is 18.2 Å². The molecule has 1 heterocycles. The summed E-state index contributed by atoms with van der Waals surface area (Å²) in [4.78, 5) is 12.5. The van der Waals surface area contributed by atoms with E-state index in [4.69, 9.17) is 0 Å². The SMILES string of the molecule is CN1CCCc2ccc(NC=O)cc21. The molecule has 0 spiro atoms. The Labute approximate surface area is 83.7 Å². The predicted octanol–water partition coefficient (Wildman–Crippen LogP) is 1.64. The Bertz CT molecular complexity index is 349. The number of hydrogen-bond acceptors (Lipinski definition) is 2. The van der Waals surface area contributed by atoms with Crippen LogP contribution in [0, 0.1) is 0 Å². The zero-order chi connectivity index (χ0) is 9.97. The summed E-state index contributed by atoms with van der Waals surface area (Å²) in [5.41, 5.74) is 3.48. The number of carbonyl (C=O) groups is 1. The summed E-state index contributed by atoms with van der Waals surface area (Å²) in [6.07, 6.45) is 3.07. The Kier molecular flexibility index (Phi) is 2.39. The molecule has 1 aromatic carbocycles. The third-order valence-corrected chi connectivity index (χ3v) is 2.66. The second-order valence-electron chi connectivity index (χ2n) is 3.63. The van der Waals surface area contributed by atoms with Crippen LogP contribution in [0.1, 0.15) is 12.0 Å². The van der Waals surface area contributed by atoms with Crippen molar-refractivity contribution in [1.29, 1.82) is 0 Å². The molecule has 1 aromatic rings. The van der Waals surface area contributed by atoms with Crippen molar-refractivity contribution in [2.24, 2.45) is 0 Å². The monoisotopic (exact) mass is 190 g/mol. The number of nitrogens with one attached hydrogen (secondary N) is 1. The van der Waals surface area contributed by atoms with Crippen molar-refractivity contribution in [3.8, 4) is 0 Å². The first-order valence-electron chi connectivity index (χ1n) is 4.85. The van der Waals surface area contributed by atoms with Gasteiger partial charge in [-0.1, -0.05) is 6.07 Å². The number of benzene rings is 1. The Morgan fingerprint density at radius 1 is 1.50 bits per heavy atom. The van der Waals surface area contributed by atoms with Crippen molar-refractivity contribution in [1.82, 2.24) is 0 Å². The van der Waals surface area contributed by atoms with Gasteiger partial charge in [0.05, 0.1) is 0 Å². The lowest BCUT2D eigenvalue weighted by molar-refractivity contribution is -0.105. The maximum atomic E-state index is 10.3. The van der Waals surface area contributed by atoms with Crippen molar-refractivity contribution in [3.05, 3.63) is 23.8 Å². The zero-order valence-corrected chi connectivity index (χ0v) is 8.29. The van der Waals surface area contributed by atoms with Crippen LogP contribution in [0.3, 0.4) is 0 Å². The van der Waals surface area contributed by atoms with Gasteiger partial charge in [0.2, 0.25) is 6.41 Å². The van der Waals surface area contributed by atoms with E-state index in [1.165, 1.54) is 17.7 Å². The highest BCUT2D eigenvalue weighted by atomic mass is 16.1. The minimum absolute atomic E-state index is 0.713. The first-order valence-corrected chi connectivity index (χ1v) is 4.85. The Morgan fingerprint density at radius 2 is 2.36 bits per heavy atom. The van der Waals surface area contributed by atoms with Crippen molar-refractivity contribution < 1.29 is 4.79 Å². The van der Waals surface area contributed by atoms with E-state index < -0.39 is 0 Å². The molecule has 0 saturated carbocycles. The molecule has 0 fully saturated rings. The minimum atomic E-state index is 0.713. The molecule has 3 heteroatoms. The third kappa shape index (κ3) is 1.58. The molecule has 0 unspecified atom stereocenters. The summed E-state index contributed by atoms with van der Waals surface area (Å²) in [6, 6.07) is 6.08. The van der Waals surface area contributed by atoms with E-state index in [1.807, 2.05) is 12.1 Å². The standard InChI is InChI=1S/C11H14N2O/c1-13-6-2-3-9-4-5-10(12-8-14)7-11(9)13/h4-5,7-8H,2-3,6H2,1H3,(H,12,14). The summed E-state index contributed by atoms with van der Waals surface area (Å²) >= 11 is 0. The van der Waals surface area contributed by atoms with Gasteiger partial charge >= 0.3 is 0 Å². The molecule has 3 nitrogen and oxygen atoms in total. The number of anilines is 2. The quantitative estimate of drug-likeness (QED) is 0.719. The average Bonchev–Trinajstić information content (AvgIpc) is 2.20. The molecule has 0 saturated heterocycles. The minimum Gasteiger partial charge on any atom is -0.374 e. The first-order chi connectivity index (χ1) is 6.81. The number of hydrogen-bond donors (Lipinski definition) is 1. The van der Waals surface area contributed by atoms with Gasteiger partial charge in [-0.25, -0.2) is 0 Å². The van der Waals surface area contributed by atoms with Gasteiger partial charge in [0, 0.05) is 25.0 Å². The van der Waals surface area contributed by atoms with Gasteiger partial charge in [0.15, 0.2) is 0 Å². The highest BCUT2D eigenvalue weighted by molar-refractivity contribution is 5.75. The molecule has 1 aliphatic rings. The Hall–Kier alpha value is -1.51. The number of aryl methyl sites for hydroxylation is 1. The Balaban J connectivity index is 2.35. The van der Waals surface area contributed by atoms with Crippen molar-refractivity contribution in [3.63, 3.8) is 0 Å². The highest BCUT2D eigenvalue weighted by Gasteiger charge is 2.13. The molecule has 14 heavy (non-hydrogen) atoms. The van der Waals surface area contributed by atoms with E-state index in [9.17, 15) is 4.79 Å². The van der Waals surface area contributed by atoms with E-state index in [1.54, 1.807) is 0 Å². The van der Waals surface area contributed by atoms with Crippen LogP contribution >= 0.6 is 0 Å². The smallest absolute Gasteiger partial charge is 0.211 e. The molecule has 0 aliphatic carbocycles. The van der Waals surface area contributed by atoms with E-state index >= 15 is 0 Å². The molecular weight excluding hydrogens is 176 g/mol. The van der Waals surface area contributed by atoms with Crippen LogP contribution < -0.4 is 10.2 Å². The molecule has 2 rings (SSSR count). The molecular formula is C11H14N2O. The van der Waals surface area contributed by atoms with E-state index in [0.29, 0.717) is 6.41 Å². The lowest BCUT2D eigenvalue weighted by Crippen LogP contribution is -2.24. The van der Waals surface area contributed by atoms with Crippen LogP contribution in [0.5, 0.6) is 0 Å². The summed E-state index contributed by atoms with van der Waals surface area (Å²) in [7, 11) is 2.09. The molecule has 0 aromatic heterocycles. The van der Waals surface area contributed by atoms with Gasteiger partial charge in [-0.15, -0.1) is 0 Å². The van der Waals surface area contributed by atoms with Gasteiger partial charge in [0.25, 0.3) is 0 Å². The van der Waals surface area contributed by atoms with Crippen molar-refractivity contribution in [2.45, 2.75) is 12.8 Å². The number of carbonyl (C=O) groups excluding carboxylic acids is 1. The Morgan fingerprint density at radius 3 is 3.14 bits per heavy atom. The normalized spacial score (nSPS) is 14.8. The summed E-state index contributed by atoms with van der Waals surface area (Å²) in [5, 5.41) is 2.67. The fraction of sp³-hybridized carbons (Fsp3) is 0.364. The number of amides is 1. The summed E-state index contributed by atoms with van der Waals surface area (Å²) in [6.45, 7) is 1.09. The fourth-order valence-electron chi connectivity index (χ4n) is 1.92. The fourth-order valence-corrected chi connectivity index (χ4v) is 1.92. The lowest BCUT2D eigenvalue weighted by Gasteiger charge is -2.27. The molecule has 1 N–H and O–H groups in total. The second-order valence-corrected chi connectivity index (χ2v) is 3.63. The van der Waals surface area contributed by atoms with Crippen LogP contribution in [-0.4, -0.2) is 20.0 Å². The largest absolute Gasteiger partial charge is 0.374 e.